The number of aryl methyl sites for hydroxylation is 1. The Kier molecular flexibility index (Phi) is 3.65. The van der Waals surface area contributed by atoms with E-state index in [0.29, 0.717) is 6.42 Å². The van der Waals surface area contributed by atoms with Crippen molar-refractivity contribution in [2.24, 2.45) is 11.8 Å². The van der Waals surface area contributed by atoms with Gasteiger partial charge in [-0.1, -0.05) is 6.92 Å². The number of thiazole rings is 1. The van der Waals surface area contributed by atoms with Crippen molar-refractivity contribution in [3.05, 3.63) is 16.1 Å². The summed E-state index contributed by atoms with van der Waals surface area (Å²) in [6.07, 6.45) is 3.20. The van der Waals surface area contributed by atoms with Crippen LogP contribution in [0.1, 0.15) is 36.2 Å². The van der Waals surface area contributed by atoms with Gasteiger partial charge in [0.2, 0.25) is 5.91 Å². The van der Waals surface area contributed by atoms with Crippen molar-refractivity contribution in [3.63, 3.8) is 0 Å². The average Bonchev–Trinajstić information content (AvgIpc) is 3.00. The molecule has 1 saturated carbocycles. The van der Waals surface area contributed by atoms with Crippen LogP contribution in [-0.4, -0.2) is 22.0 Å². The number of nitrogens with one attached hydrogen (secondary N) is 1. The van der Waals surface area contributed by atoms with E-state index < -0.39 is 11.9 Å². The summed E-state index contributed by atoms with van der Waals surface area (Å²) in [5, 5.41) is 12.5. The number of aliphatic carboxylic acids is 1. The largest absolute Gasteiger partial charge is 0.481 e. The van der Waals surface area contributed by atoms with Gasteiger partial charge in [-0.25, -0.2) is 4.98 Å². The average molecular weight is 268 g/mol. The molecule has 2 N–H and O–H groups in total. The van der Waals surface area contributed by atoms with Gasteiger partial charge in [-0.05, 0) is 19.8 Å². The van der Waals surface area contributed by atoms with E-state index in [1.807, 2.05) is 13.1 Å². The van der Waals surface area contributed by atoms with Crippen LogP contribution in [0.15, 0.2) is 6.20 Å². The second kappa shape index (κ2) is 5.06. The molecule has 3 unspecified atom stereocenters. The third kappa shape index (κ3) is 2.69. The van der Waals surface area contributed by atoms with Crippen molar-refractivity contribution >= 4 is 23.2 Å². The van der Waals surface area contributed by atoms with Gasteiger partial charge in [-0.15, -0.1) is 11.3 Å². The molecule has 6 heteroatoms. The van der Waals surface area contributed by atoms with E-state index >= 15 is 0 Å². The Balaban J connectivity index is 1.90. The van der Waals surface area contributed by atoms with Crippen LogP contribution in [0.4, 0.5) is 0 Å². The van der Waals surface area contributed by atoms with Crippen LogP contribution >= 0.6 is 11.3 Å². The summed E-state index contributed by atoms with van der Waals surface area (Å²) in [5.74, 6) is -1.93. The number of carboxylic acid groups (broad SMARTS) is 1. The van der Waals surface area contributed by atoms with Crippen molar-refractivity contribution in [2.45, 2.75) is 32.7 Å². The van der Waals surface area contributed by atoms with E-state index in [9.17, 15) is 9.59 Å². The molecule has 1 heterocycles. The van der Waals surface area contributed by atoms with Crippen LogP contribution in [-0.2, 0) is 16.0 Å². The lowest BCUT2D eigenvalue weighted by molar-refractivity contribution is -0.140. The highest BCUT2D eigenvalue weighted by Crippen LogP contribution is 2.39. The molecule has 1 aliphatic rings. The van der Waals surface area contributed by atoms with Crippen LogP contribution in [0.2, 0.25) is 0 Å². The van der Waals surface area contributed by atoms with Gasteiger partial charge >= 0.3 is 5.97 Å². The molecule has 0 saturated heterocycles. The number of hydrogen-bond donors (Lipinski definition) is 2. The lowest BCUT2D eigenvalue weighted by Gasteiger charge is -2.10. The molecule has 0 spiro atoms. The van der Waals surface area contributed by atoms with Crippen molar-refractivity contribution in [1.29, 1.82) is 0 Å². The molecule has 5 nitrogen and oxygen atoms in total. The van der Waals surface area contributed by atoms with Crippen LogP contribution in [0, 0.1) is 11.8 Å². The highest BCUT2D eigenvalue weighted by atomic mass is 32.1. The summed E-state index contributed by atoms with van der Waals surface area (Å²) in [7, 11) is 0. The predicted octanol–water partition coefficient (Wildman–Crippen LogP) is 1.60. The minimum Gasteiger partial charge on any atom is -0.481 e. The molecule has 1 fully saturated rings. The second-order valence-electron chi connectivity index (χ2n) is 4.54. The highest BCUT2D eigenvalue weighted by molar-refractivity contribution is 7.11. The van der Waals surface area contributed by atoms with Gasteiger partial charge in [0, 0.05) is 11.1 Å². The maximum absolute atomic E-state index is 11.8. The van der Waals surface area contributed by atoms with Crippen molar-refractivity contribution in [3.8, 4) is 0 Å². The van der Waals surface area contributed by atoms with Crippen molar-refractivity contribution in [2.75, 3.05) is 0 Å². The summed E-state index contributed by atoms with van der Waals surface area (Å²) in [5.41, 5.74) is 0. The molecule has 0 aliphatic heterocycles. The first-order chi connectivity index (χ1) is 8.52. The lowest BCUT2D eigenvalue weighted by atomic mass is 10.2. The maximum Gasteiger partial charge on any atom is 0.307 e. The Morgan fingerprint density at radius 2 is 2.33 bits per heavy atom. The van der Waals surface area contributed by atoms with Crippen LogP contribution in [0.5, 0.6) is 0 Å². The summed E-state index contributed by atoms with van der Waals surface area (Å²) < 4.78 is 0. The van der Waals surface area contributed by atoms with Crippen molar-refractivity contribution in [1.82, 2.24) is 10.3 Å². The smallest absolute Gasteiger partial charge is 0.307 e. The summed E-state index contributed by atoms with van der Waals surface area (Å²) >= 11 is 1.58. The number of hydrogen-bond acceptors (Lipinski definition) is 4. The van der Waals surface area contributed by atoms with Crippen LogP contribution in [0.3, 0.4) is 0 Å². The zero-order chi connectivity index (χ0) is 13.3. The fourth-order valence-electron chi connectivity index (χ4n) is 1.83. The van der Waals surface area contributed by atoms with Crippen LogP contribution < -0.4 is 5.32 Å². The normalized spacial score (nSPS) is 23.4. The second-order valence-corrected chi connectivity index (χ2v) is 5.68. The van der Waals surface area contributed by atoms with Gasteiger partial charge in [-0.2, -0.15) is 0 Å². The Bertz CT molecular complexity index is 472. The summed E-state index contributed by atoms with van der Waals surface area (Å²) in [6.45, 7) is 3.93. The third-order valence-corrected chi connectivity index (χ3v) is 4.42. The Hall–Kier alpha value is -1.43. The molecule has 0 bridgehead atoms. The standard InChI is InChI=1S/C12H16N2O3S/c1-3-7-5-13-11(18-7)6(2)14-10(15)8-4-9(8)12(16)17/h5-6,8-9H,3-4H2,1-2H3,(H,14,15)(H,16,17). The molecular weight excluding hydrogens is 252 g/mol. The minimum atomic E-state index is -0.884. The minimum absolute atomic E-state index is 0.155. The third-order valence-electron chi connectivity index (χ3n) is 3.09. The molecule has 3 atom stereocenters. The first-order valence-corrected chi connectivity index (χ1v) is 6.82. The molecule has 2 rings (SSSR count). The number of carbonyl (C=O) groups excluding carboxylic acids is 1. The number of rotatable bonds is 5. The fourth-order valence-corrected chi connectivity index (χ4v) is 2.69. The molecule has 1 aliphatic carbocycles. The van der Waals surface area contributed by atoms with Gasteiger partial charge < -0.3 is 10.4 Å². The molecular formula is C12H16N2O3S. The van der Waals surface area contributed by atoms with Gasteiger partial charge in [0.25, 0.3) is 0 Å². The zero-order valence-corrected chi connectivity index (χ0v) is 11.2. The number of carboxylic acids is 1. The summed E-state index contributed by atoms with van der Waals surface area (Å²) in [4.78, 5) is 27.9. The molecule has 0 aromatic carbocycles. The van der Waals surface area contributed by atoms with E-state index in [-0.39, 0.29) is 17.9 Å². The number of nitrogens with zero attached hydrogens (tertiary/aromatic N) is 1. The van der Waals surface area contributed by atoms with Crippen LogP contribution in [0.25, 0.3) is 0 Å². The summed E-state index contributed by atoms with van der Waals surface area (Å²) in [6, 6.07) is -0.155. The Labute approximate surface area is 109 Å². The van der Waals surface area contributed by atoms with E-state index in [4.69, 9.17) is 5.11 Å². The molecule has 98 valence electrons. The monoisotopic (exact) mass is 268 g/mol. The number of carbonyl (C=O) groups is 2. The Morgan fingerprint density at radius 3 is 2.83 bits per heavy atom. The first kappa shape index (κ1) is 13.0. The predicted molar refractivity (Wildman–Crippen MR) is 67.3 cm³/mol. The van der Waals surface area contributed by atoms with E-state index in [1.54, 1.807) is 11.3 Å². The van der Waals surface area contributed by atoms with E-state index in [0.717, 1.165) is 11.4 Å². The van der Waals surface area contributed by atoms with Gasteiger partial charge in [0.15, 0.2) is 0 Å². The Morgan fingerprint density at radius 1 is 1.61 bits per heavy atom. The van der Waals surface area contributed by atoms with Gasteiger partial charge in [0.05, 0.1) is 17.9 Å². The zero-order valence-electron chi connectivity index (χ0n) is 10.3. The maximum atomic E-state index is 11.8. The molecule has 1 amide bonds. The topological polar surface area (TPSA) is 79.3 Å². The quantitative estimate of drug-likeness (QED) is 0.850. The SMILES string of the molecule is CCc1cnc(C(C)NC(=O)C2CC2C(=O)O)s1. The number of aromatic nitrogens is 1. The molecule has 0 radical (unpaired) electrons. The molecule has 18 heavy (non-hydrogen) atoms. The van der Waals surface area contributed by atoms with E-state index in [1.165, 1.54) is 4.88 Å². The highest BCUT2D eigenvalue weighted by Gasteiger charge is 2.48. The lowest BCUT2D eigenvalue weighted by Crippen LogP contribution is -2.29. The first-order valence-electron chi connectivity index (χ1n) is 6.00. The molecule has 1 aromatic heterocycles. The van der Waals surface area contributed by atoms with Gasteiger partial charge in [-0.3, -0.25) is 9.59 Å². The fraction of sp³-hybridized carbons (Fsp3) is 0.583. The molecule has 1 aromatic rings. The van der Waals surface area contributed by atoms with Crippen molar-refractivity contribution < 1.29 is 14.7 Å². The van der Waals surface area contributed by atoms with Gasteiger partial charge in [0.1, 0.15) is 5.01 Å². The number of amides is 1. The van der Waals surface area contributed by atoms with E-state index in [2.05, 4.69) is 17.2 Å².